The summed E-state index contributed by atoms with van der Waals surface area (Å²) in [6.45, 7) is 3.21. The Hall–Kier alpha value is -1.12. The predicted octanol–water partition coefficient (Wildman–Crippen LogP) is 0.527. The molecule has 1 aliphatic rings. The number of likely N-dealkylation sites (tertiary alicyclic amines) is 1. The van der Waals surface area contributed by atoms with Crippen LogP contribution in [-0.2, 0) is 0 Å². The van der Waals surface area contributed by atoms with Crippen LogP contribution < -0.4 is 5.73 Å². The molecule has 0 saturated carbocycles. The highest BCUT2D eigenvalue weighted by Gasteiger charge is 2.20. The molecule has 1 rings (SSSR count). The number of rotatable bonds is 2. The van der Waals surface area contributed by atoms with E-state index in [1.807, 2.05) is 17.9 Å². The number of aliphatic hydroxyl groups is 1. The molecular weight excluding hydrogens is 210 g/mol. The standard InChI is InChI=1S/C10H15N3OS/c1-7(9(5-11)10(12)15)13-4-2-3-8(14)6-13/h8,14H,2-4,6H2,1H3,(H2,12,15)/b9-7-. The topological polar surface area (TPSA) is 73.3 Å². The van der Waals surface area contributed by atoms with E-state index in [9.17, 15) is 5.11 Å². The lowest BCUT2D eigenvalue weighted by atomic mass is 10.1. The lowest BCUT2D eigenvalue weighted by Crippen LogP contribution is -2.38. The second-order valence-electron chi connectivity index (χ2n) is 3.68. The van der Waals surface area contributed by atoms with Gasteiger partial charge in [-0.15, -0.1) is 0 Å². The summed E-state index contributed by atoms with van der Waals surface area (Å²) in [5.74, 6) is 0. The van der Waals surface area contributed by atoms with Crippen LogP contribution in [0.5, 0.6) is 0 Å². The van der Waals surface area contributed by atoms with E-state index in [1.54, 1.807) is 0 Å². The molecule has 1 aliphatic heterocycles. The number of nitrogens with two attached hydrogens (primary N) is 1. The lowest BCUT2D eigenvalue weighted by Gasteiger charge is -2.32. The van der Waals surface area contributed by atoms with Gasteiger partial charge in [-0.1, -0.05) is 12.2 Å². The van der Waals surface area contributed by atoms with Gasteiger partial charge in [-0.25, -0.2) is 0 Å². The minimum atomic E-state index is -0.319. The Morgan fingerprint density at radius 2 is 2.33 bits per heavy atom. The number of hydrogen-bond acceptors (Lipinski definition) is 4. The van der Waals surface area contributed by atoms with E-state index in [-0.39, 0.29) is 11.1 Å². The molecule has 0 aromatic rings. The van der Waals surface area contributed by atoms with Crippen molar-refractivity contribution in [3.8, 4) is 6.07 Å². The maximum atomic E-state index is 9.51. The number of nitrogens with zero attached hydrogens (tertiary/aromatic N) is 2. The Morgan fingerprint density at radius 1 is 1.67 bits per heavy atom. The summed E-state index contributed by atoms with van der Waals surface area (Å²) >= 11 is 4.80. The Kier molecular flexibility index (Phi) is 4.06. The summed E-state index contributed by atoms with van der Waals surface area (Å²) in [4.78, 5) is 2.08. The number of piperidine rings is 1. The van der Waals surface area contributed by atoms with E-state index in [4.69, 9.17) is 23.2 Å². The molecule has 1 heterocycles. The third-order valence-electron chi connectivity index (χ3n) is 2.59. The molecule has 0 radical (unpaired) electrons. The van der Waals surface area contributed by atoms with Gasteiger partial charge in [0.05, 0.1) is 6.10 Å². The van der Waals surface area contributed by atoms with Crippen molar-refractivity contribution < 1.29 is 5.11 Å². The number of allylic oxidation sites excluding steroid dienone is 1. The molecule has 3 N–H and O–H groups in total. The Bertz CT molecular complexity index is 332. The van der Waals surface area contributed by atoms with Gasteiger partial charge in [-0.3, -0.25) is 0 Å². The van der Waals surface area contributed by atoms with Crippen molar-refractivity contribution in [3.05, 3.63) is 11.3 Å². The summed E-state index contributed by atoms with van der Waals surface area (Å²) < 4.78 is 0. The summed E-state index contributed by atoms with van der Waals surface area (Å²) in [6.07, 6.45) is 1.42. The fourth-order valence-electron chi connectivity index (χ4n) is 1.73. The number of hydrogen-bond donors (Lipinski definition) is 2. The van der Waals surface area contributed by atoms with E-state index in [1.165, 1.54) is 0 Å². The van der Waals surface area contributed by atoms with Gasteiger partial charge in [-0.2, -0.15) is 5.26 Å². The highest BCUT2D eigenvalue weighted by molar-refractivity contribution is 7.80. The number of β-amino-alcohol motifs (C(OH)–C–C–N with tert-alkyl or cyclic N) is 1. The van der Waals surface area contributed by atoms with Crippen molar-refractivity contribution in [2.75, 3.05) is 13.1 Å². The van der Waals surface area contributed by atoms with Gasteiger partial charge in [0.25, 0.3) is 0 Å². The Morgan fingerprint density at radius 3 is 2.80 bits per heavy atom. The van der Waals surface area contributed by atoms with E-state index in [0.717, 1.165) is 25.1 Å². The van der Waals surface area contributed by atoms with Crippen LogP contribution in [0.2, 0.25) is 0 Å². The molecule has 0 bridgehead atoms. The van der Waals surface area contributed by atoms with Gasteiger partial charge in [-0.05, 0) is 19.8 Å². The number of aliphatic hydroxyl groups excluding tert-OH is 1. The quantitative estimate of drug-likeness (QED) is 0.407. The molecule has 1 atom stereocenters. The zero-order valence-corrected chi connectivity index (χ0v) is 9.55. The molecule has 82 valence electrons. The molecule has 0 amide bonds. The van der Waals surface area contributed by atoms with Crippen LogP contribution >= 0.6 is 12.2 Å². The molecule has 1 saturated heterocycles. The lowest BCUT2D eigenvalue weighted by molar-refractivity contribution is 0.0879. The van der Waals surface area contributed by atoms with Crippen LogP contribution in [0.25, 0.3) is 0 Å². The molecule has 0 aromatic heterocycles. The fourth-order valence-corrected chi connectivity index (χ4v) is 1.93. The van der Waals surface area contributed by atoms with E-state index in [0.29, 0.717) is 12.1 Å². The molecule has 0 spiro atoms. The van der Waals surface area contributed by atoms with Crippen LogP contribution in [0, 0.1) is 11.3 Å². The van der Waals surface area contributed by atoms with Gasteiger partial charge >= 0.3 is 0 Å². The monoisotopic (exact) mass is 225 g/mol. The van der Waals surface area contributed by atoms with Crippen molar-refractivity contribution >= 4 is 17.2 Å². The van der Waals surface area contributed by atoms with Crippen LogP contribution in [0.4, 0.5) is 0 Å². The number of nitriles is 1. The van der Waals surface area contributed by atoms with Crippen molar-refractivity contribution in [3.63, 3.8) is 0 Å². The molecule has 4 nitrogen and oxygen atoms in total. The first-order valence-corrected chi connectivity index (χ1v) is 5.31. The SMILES string of the molecule is C/C(=C(\C#N)C(N)=S)N1CCCC(O)C1. The van der Waals surface area contributed by atoms with Crippen molar-refractivity contribution in [2.45, 2.75) is 25.9 Å². The highest BCUT2D eigenvalue weighted by Crippen LogP contribution is 2.17. The van der Waals surface area contributed by atoms with Crippen LogP contribution in [0.3, 0.4) is 0 Å². The van der Waals surface area contributed by atoms with Gasteiger partial charge in [0.1, 0.15) is 16.6 Å². The molecule has 1 fully saturated rings. The smallest absolute Gasteiger partial charge is 0.116 e. The number of thiocarbonyl (C=S) groups is 1. The summed E-state index contributed by atoms with van der Waals surface area (Å²) in [5.41, 5.74) is 6.57. The fraction of sp³-hybridized carbons (Fsp3) is 0.600. The van der Waals surface area contributed by atoms with Crippen molar-refractivity contribution in [1.82, 2.24) is 4.90 Å². The molecule has 5 heteroatoms. The van der Waals surface area contributed by atoms with Gasteiger partial charge in [0, 0.05) is 18.8 Å². The van der Waals surface area contributed by atoms with Crippen LogP contribution in [0.1, 0.15) is 19.8 Å². The van der Waals surface area contributed by atoms with Crippen molar-refractivity contribution in [1.29, 1.82) is 5.26 Å². The highest BCUT2D eigenvalue weighted by atomic mass is 32.1. The molecular formula is C10H15N3OS. The van der Waals surface area contributed by atoms with Gasteiger partial charge in [0.2, 0.25) is 0 Å². The van der Waals surface area contributed by atoms with E-state index in [2.05, 4.69) is 0 Å². The third kappa shape index (κ3) is 2.91. The average molecular weight is 225 g/mol. The first-order chi connectivity index (χ1) is 7.06. The first kappa shape index (κ1) is 12.0. The maximum Gasteiger partial charge on any atom is 0.116 e. The molecule has 1 unspecified atom stereocenters. The van der Waals surface area contributed by atoms with Crippen LogP contribution in [0.15, 0.2) is 11.3 Å². The van der Waals surface area contributed by atoms with Crippen molar-refractivity contribution in [2.24, 2.45) is 5.73 Å². The molecule has 0 aromatic carbocycles. The first-order valence-electron chi connectivity index (χ1n) is 4.90. The molecule has 0 aliphatic carbocycles. The zero-order valence-electron chi connectivity index (χ0n) is 8.73. The second kappa shape index (κ2) is 5.10. The van der Waals surface area contributed by atoms with Gasteiger partial charge in [0.15, 0.2) is 0 Å². The van der Waals surface area contributed by atoms with E-state index < -0.39 is 0 Å². The predicted molar refractivity (Wildman–Crippen MR) is 61.9 cm³/mol. The minimum absolute atomic E-state index is 0.120. The largest absolute Gasteiger partial charge is 0.391 e. The van der Waals surface area contributed by atoms with Gasteiger partial charge < -0.3 is 15.7 Å². The average Bonchev–Trinajstić information content (AvgIpc) is 2.18. The third-order valence-corrected chi connectivity index (χ3v) is 2.79. The summed E-state index contributed by atoms with van der Waals surface area (Å²) in [5, 5.41) is 18.4. The van der Waals surface area contributed by atoms with Crippen LogP contribution in [-0.4, -0.2) is 34.2 Å². The zero-order chi connectivity index (χ0) is 11.4. The van der Waals surface area contributed by atoms with E-state index >= 15 is 0 Å². The summed E-state index contributed by atoms with van der Waals surface area (Å²) in [7, 11) is 0. The molecule has 15 heavy (non-hydrogen) atoms. The maximum absolute atomic E-state index is 9.51. The second-order valence-corrected chi connectivity index (χ2v) is 4.12. The summed E-state index contributed by atoms with van der Waals surface area (Å²) in [6, 6.07) is 2.00. The Balaban J connectivity index is 2.86. The normalized spacial score (nSPS) is 23.0. The Labute approximate surface area is 95.0 Å². The minimum Gasteiger partial charge on any atom is -0.391 e.